The molecule has 0 aromatic rings. The molecule has 0 fully saturated rings. The minimum Gasteiger partial charge on any atom is -0.453 e. The number of amides is 1. The van der Waals surface area contributed by atoms with Crippen LogP contribution in [-0.4, -0.2) is 37.0 Å². The van der Waals surface area contributed by atoms with E-state index >= 15 is 0 Å². The first-order valence-electron chi connectivity index (χ1n) is 3.56. The van der Waals surface area contributed by atoms with Crippen LogP contribution in [0.3, 0.4) is 0 Å². The zero-order valence-corrected chi connectivity index (χ0v) is 8.07. The number of carbonyl (C=O) groups is 2. The summed E-state index contributed by atoms with van der Waals surface area (Å²) in [7, 11) is 1.32. The van der Waals surface area contributed by atoms with Crippen molar-refractivity contribution >= 4 is 23.6 Å². The van der Waals surface area contributed by atoms with Crippen molar-refractivity contribution < 1.29 is 14.3 Å². The Morgan fingerprint density at radius 2 is 2.17 bits per heavy atom. The van der Waals surface area contributed by atoms with Gasteiger partial charge in [0.2, 0.25) is 0 Å². The summed E-state index contributed by atoms with van der Waals surface area (Å²) in [5.41, 5.74) is 0. The van der Waals surface area contributed by atoms with Crippen LogP contribution in [0.5, 0.6) is 0 Å². The van der Waals surface area contributed by atoms with E-state index in [2.05, 4.69) is 10.1 Å². The molecule has 70 valence electrons. The normalized spacial score (nSPS) is 9.17. The Hall–Kier alpha value is -0.710. The maximum Gasteiger partial charge on any atom is 0.406 e. The molecule has 0 spiro atoms. The summed E-state index contributed by atoms with van der Waals surface area (Å²) in [5, 5.41) is 2.51. The van der Waals surface area contributed by atoms with Gasteiger partial charge in [-0.25, -0.2) is 4.79 Å². The third-order valence-corrected chi connectivity index (χ3v) is 2.11. The van der Waals surface area contributed by atoms with Crippen LogP contribution in [0.2, 0.25) is 0 Å². The van der Waals surface area contributed by atoms with Crippen molar-refractivity contribution in [1.29, 1.82) is 0 Å². The number of ether oxygens (including phenoxy) is 1. The molecule has 0 aromatic heterocycles. The molecule has 0 radical (unpaired) electrons. The summed E-state index contributed by atoms with van der Waals surface area (Å²) in [4.78, 5) is 21.0. The van der Waals surface area contributed by atoms with Gasteiger partial charge < -0.3 is 10.1 Å². The van der Waals surface area contributed by atoms with Gasteiger partial charge in [-0.15, -0.1) is 0 Å². The SMILES string of the molecule is COC(=O)NCCSCC(C)=O. The lowest BCUT2D eigenvalue weighted by Gasteiger charge is -2.01. The van der Waals surface area contributed by atoms with E-state index in [-0.39, 0.29) is 5.78 Å². The van der Waals surface area contributed by atoms with Crippen molar-refractivity contribution in [1.82, 2.24) is 5.32 Å². The summed E-state index contributed by atoms with van der Waals surface area (Å²) >= 11 is 1.49. The standard InChI is InChI=1S/C7H13NO3S/c1-6(9)5-12-4-3-8-7(10)11-2/h3-5H2,1-2H3,(H,8,10). The Kier molecular flexibility index (Phi) is 6.55. The predicted octanol–water partition coefficient (Wildman–Crippen LogP) is 0.665. The molecule has 4 nitrogen and oxygen atoms in total. The van der Waals surface area contributed by atoms with Crippen LogP contribution in [0.25, 0.3) is 0 Å². The number of Topliss-reactive ketones (excluding diaryl/α,β-unsaturated/α-hetero) is 1. The highest BCUT2D eigenvalue weighted by Gasteiger charge is 1.97. The number of thioether (sulfide) groups is 1. The molecule has 0 unspecified atom stereocenters. The van der Waals surface area contributed by atoms with Gasteiger partial charge in [-0.2, -0.15) is 11.8 Å². The molecule has 1 amide bonds. The van der Waals surface area contributed by atoms with Crippen molar-refractivity contribution in [2.45, 2.75) is 6.92 Å². The largest absolute Gasteiger partial charge is 0.453 e. The van der Waals surface area contributed by atoms with Gasteiger partial charge in [0.1, 0.15) is 5.78 Å². The van der Waals surface area contributed by atoms with Crippen molar-refractivity contribution in [3.05, 3.63) is 0 Å². The highest BCUT2D eigenvalue weighted by molar-refractivity contribution is 7.99. The molecule has 0 aliphatic carbocycles. The quantitative estimate of drug-likeness (QED) is 0.649. The van der Waals surface area contributed by atoms with Crippen LogP contribution in [0, 0.1) is 0 Å². The second-order valence-corrected chi connectivity index (χ2v) is 3.28. The van der Waals surface area contributed by atoms with Crippen molar-refractivity contribution in [2.75, 3.05) is 25.2 Å². The fourth-order valence-corrected chi connectivity index (χ4v) is 1.19. The third kappa shape index (κ3) is 7.40. The smallest absolute Gasteiger partial charge is 0.406 e. The van der Waals surface area contributed by atoms with Crippen molar-refractivity contribution in [3.63, 3.8) is 0 Å². The topological polar surface area (TPSA) is 55.4 Å². The molecule has 0 aliphatic heterocycles. The van der Waals surface area contributed by atoms with E-state index in [0.29, 0.717) is 12.3 Å². The molecule has 0 rings (SSSR count). The van der Waals surface area contributed by atoms with Gasteiger partial charge in [-0.3, -0.25) is 4.79 Å². The third-order valence-electron chi connectivity index (χ3n) is 1.01. The first kappa shape index (κ1) is 11.3. The average molecular weight is 191 g/mol. The maximum absolute atomic E-state index is 10.5. The van der Waals surface area contributed by atoms with Crippen molar-refractivity contribution in [3.8, 4) is 0 Å². The number of hydrogen-bond donors (Lipinski definition) is 1. The molecule has 0 aromatic carbocycles. The molecule has 0 bridgehead atoms. The Balaban J connectivity index is 3.11. The number of rotatable bonds is 5. The summed E-state index contributed by atoms with van der Waals surface area (Å²) < 4.78 is 4.35. The zero-order chi connectivity index (χ0) is 9.40. The molecule has 0 atom stereocenters. The fourth-order valence-electron chi connectivity index (χ4n) is 0.513. The lowest BCUT2D eigenvalue weighted by molar-refractivity contribution is -0.114. The van der Waals surface area contributed by atoms with Gasteiger partial charge in [0.25, 0.3) is 0 Å². The number of alkyl carbamates (subject to hydrolysis) is 1. The van der Waals surface area contributed by atoms with Gasteiger partial charge in [0, 0.05) is 12.3 Å². The number of carbonyl (C=O) groups excluding carboxylic acids is 2. The average Bonchev–Trinajstić information content (AvgIpc) is 2.03. The minimum absolute atomic E-state index is 0.151. The van der Waals surface area contributed by atoms with Gasteiger partial charge in [-0.1, -0.05) is 0 Å². The van der Waals surface area contributed by atoms with Gasteiger partial charge in [0.05, 0.1) is 12.9 Å². The van der Waals surface area contributed by atoms with E-state index in [4.69, 9.17) is 0 Å². The summed E-state index contributed by atoms with van der Waals surface area (Å²) in [5.74, 6) is 1.38. The van der Waals surface area contributed by atoms with Crippen molar-refractivity contribution in [2.24, 2.45) is 0 Å². The number of nitrogens with one attached hydrogen (secondary N) is 1. The molecule has 0 heterocycles. The second-order valence-electron chi connectivity index (χ2n) is 2.17. The molecule has 12 heavy (non-hydrogen) atoms. The van der Waals surface area contributed by atoms with Crippen LogP contribution in [0.1, 0.15) is 6.92 Å². The highest BCUT2D eigenvalue weighted by Crippen LogP contribution is 1.97. The molecule has 0 aliphatic rings. The predicted molar refractivity (Wildman–Crippen MR) is 48.4 cm³/mol. The number of hydrogen-bond acceptors (Lipinski definition) is 4. The Labute approximate surface area is 76.0 Å². The van der Waals surface area contributed by atoms with Gasteiger partial charge >= 0.3 is 6.09 Å². The Morgan fingerprint density at radius 3 is 2.67 bits per heavy atom. The van der Waals surface area contributed by atoms with Crippen LogP contribution in [0.15, 0.2) is 0 Å². The van der Waals surface area contributed by atoms with Crippen LogP contribution in [0.4, 0.5) is 4.79 Å². The lowest BCUT2D eigenvalue weighted by Crippen LogP contribution is -2.25. The molecule has 1 N–H and O–H groups in total. The zero-order valence-electron chi connectivity index (χ0n) is 7.25. The Morgan fingerprint density at radius 1 is 1.50 bits per heavy atom. The first-order chi connectivity index (χ1) is 5.66. The minimum atomic E-state index is -0.432. The molecule has 0 saturated heterocycles. The van der Waals surface area contributed by atoms with E-state index in [0.717, 1.165) is 5.75 Å². The summed E-state index contributed by atoms with van der Waals surface area (Å²) in [6.07, 6.45) is -0.432. The number of ketones is 1. The van der Waals surface area contributed by atoms with E-state index in [1.807, 2.05) is 0 Å². The molecular weight excluding hydrogens is 178 g/mol. The maximum atomic E-state index is 10.5. The van der Waals surface area contributed by atoms with E-state index in [1.54, 1.807) is 6.92 Å². The first-order valence-corrected chi connectivity index (χ1v) is 4.71. The van der Waals surface area contributed by atoms with Crippen LogP contribution < -0.4 is 5.32 Å². The lowest BCUT2D eigenvalue weighted by atomic mass is 10.5. The summed E-state index contributed by atoms with van der Waals surface area (Å²) in [6.45, 7) is 2.07. The molecule has 5 heteroatoms. The van der Waals surface area contributed by atoms with E-state index in [9.17, 15) is 9.59 Å². The van der Waals surface area contributed by atoms with Crippen LogP contribution in [-0.2, 0) is 9.53 Å². The van der Waals surface area contributed by atoms with Gasteiger partial charge in [0.15, 0.2) is 0 Å². The van der Waals surface area contributed by atoms with Crippen LogP contribution >= 0.6 is 11.8 Å². The highest BCUT2D eigenvalue weighted by atomic mass is 32.2. The fraction of sp³-hybridized carbons (Fsp3) is 0.714. The van der Waals surface area contributed by atoms with Gasteiger partial charge in [-0.05, 0) is 6.92 Å². The summed E-state index contributed by atoms with van der Waals surface area (Å²) in [6, 6.07) is 0. The van der Waals surface area contributed by atoms with E-state index < -0.39 is 6.09 Å². The molecular formula is C7H13NO3S. The monoisotopic (exact) mass is 191 g/mol. The molecule has 0 saturated carbocycles. The Bertz CT molecular complexity index is 161. The second kappa shape index (κ2) is 6.97. The number of methoxy groups -OCH3 is 1. The van der Waals surface area contributed by atoms with E-state index in [1.165, 1.54) is 18.9 Å².